The van der Waals surface area contributed by atoms with Crippen LogP contribution in [0.3, 0.4) is 0 Å². The van der Waals surface area contributed by atoms with Crippen LogP contribution in [-0.4, -0.2) is 37.1 Å². The monoisotopic (exact) mass is 357 g/mol. The van der Waals surface area contributed by atoms with Crippen molar-refractivity contribution in [2.24, 2.45) is 0 Å². The Morgan fingerprint density at radius 1 is 1.12 bits per heavy atom. The van der Waals surface area contributed by atoms with E-state index in [2.05, 4.69) is 12.1 Å². The van der Waals surface area contributed by atoms with Gasteiger partial charge in [-0.1, -0.05) is 60.1 Å². The molecule has 0 aliphatic carbocycles. The molecule has 0 N–H and O–H groups in total. The number of hydrogen-bond donors (Lipinski definition) is 0. The normalized spacial score (nSPS) is 16.4. The number of hydrogen-bond acceptors (Lipinski definition) is 2. The van der Waals surface area contributed by atoms with Gasteiger partial charge in [-0.05, 0) is 30.0 Å². The lowest BCUT2D eigenvalue weighted by molar-refractivity contribution is -0.133. The topological polar surface area (TPSA) is 29.5 Å². The van der Waals surface area contributed by atoms with Crippen LogP contribution in [0.2, 0.25) is 5.02 Å². The van der Waals surface area contributed by atoms with Crippen LogP contribution in [0.4, 0.5) is 0 Å². The molecule has 1 atom stereocenters. The van der Waals surface area contributed by atoms with Gasteiger partial charge in [0.05, 0.1) is 0 Å². The van der Waals surface area contributed by atoms with E-state index in [-0.39, 0.29) is 17.9 Å². The molecule has 3 rings (SSSR count). The highest BCUT2D eigenvalue weighted by atomic mass is 35.5. The standard InChI is InChI=1S/C21H24ClNO2/c1-23(17-11-13-25-14-12-17)21(24)15-19(16-7-3-2-4-8-16)18-9-5-6-10-20(18)22/h2-10,17,19H,11-15H2,1H3. The highest BCUT2D eigenvalue weighted by Gasteiger charge is 2.26. The van der Waals surface area contributed by atoms with E-state index in [1.807, 2.05) is 54.4 Å². The van der Waals surface area contributed by atoms with E-state index in [4.69, 9.17) is 16.3 Å². The fourth-order valence-corrected chi connectivity index (χ4v) is 3.71. The van der Waals surface area contributed by atoms with Crippen molar-refractivity contribution >= 4 is 17.5 Å². The van der Waals surface area contributed by atoms with Crippen LogP contribution in [0, 0.1) is 0 Å². The number of amides is 1. The Balaban J connectivity index is 1.83. The van der Waals surface area contributed by atoms with E-state index in [1.165, 1.54) is 0 Å². The van der Waals surface area contributed by atoms with E-state index in [9.17, 15) is 4.79 Å². The predicted octanol–water partition coefficient (Wildman–Crippen LogP) is 4.50. The minimum Gasteiger partial charge on any atom is -0.381 e. The molecule has 2 aromatic rings. The summed E-state index contributed by atoms with van der Waals surface area (Å²) in [6.45, 7) is 1.46. The third kappa shape index (κ3) is 4.42. The number of benzene rings is 2. The van der Waals surface area contributed by atoms with E-state index < -0.39 is 0 Å². The van der Waals surface area contributed by atoms with Crippen LogP contribution in [0.1, 0.15) is 36.3 Å². The summed E-state index contributed by atoms with van der Waals surface area (Å²) in [5.41, 5.74) is 2.12. The van der Waals surface area contributed by atoms with Crippen LogP contribution < -0.4 is 0 Å². The van der Waals surface area contributed by atoms with E-state index in [0.717, 1.165) is 37.2 Å². The van der Waals surface area contributed by atoms with Gasteiger partial charge in [-0.3, -0.25) is 4.79 Å². The van der Waals surface area contributed by atoms with Crippen LogP contribution in [0.25, 0.3) is 0 Å². The van der Waals surface area contributed by atoms with Crippen molar-refractivity contribution in [1.82, 2.24) is 4.90 Å². The summed E-state index contributed by atoms with van der Waals surface area (Å²) in [6.07, 6.45) is 2.23. The zero-order chi connectivity index (χ0) is 17.6. The van der Waals surface area contributed by atoms with Crippen LogP contribution >= 0.6 is 11.6 Å². The Morgan fingerprint density at radius 2 is 1.76 bits per heavy atom. The molecule has 1 saturated heterocycles. The lowest BCUT2D eigenvalue weighted by Crippen LogP contribution is -2.41. The SMILES string of the molecule is CN(C(=O)CC(c1ccccc1)c1ccccc1Cl)C1CCOCC1. The summed E-state index contributed by atoms with van der Waals surface area (Å²) in [5, 5.41) is 0.706. The zero-order valence-corrected chi connectivity index (χ0v) is 15.3. The molecule has 1 heterocycles. The molecule has 1 fully saturated rings. The summed E-state index contributed by atoms with van der Waals surface area (Å²) >= 11 is 6.44. The molecule has 2 aromatic carbocycles. The first-order valence-corrected chi connectivity index (χ1v) is 9.17. The molecule has 1 amide bonds. The average molecular weight is 358 g/mol. The van der Waals surface area contributed by atoms with Crippen LogP contribution in [-0.2, 0) is 9.53 Å². The van der Waals surface area contributed by atoms with Gasteiger partial charge in [0.15, 0.2) is 0 Å². The quantitative estimate of drug-likeness (QED) is 0.788. The minimum atomic E-state index is -0.0373. The molecule has 0 saturated carbocycles. The van der Waals surface area contributed by atoms with Crippen LogP contribution in [0.5, 0.6) is 0 Å². The largest absolute Gasteiger partial charge is 0.381 e. The fourth-order valence-electron chi connectivity index (χ4n) is 3.45. The molecular formula is C21H24ClNO2. The van der Waals surface area contributed by atoms with Gasteiger partial charge in [-0.15, -0.1) is 0 Å². The first kappa shape index (κ1) is 18.0. The second-order valence-corrected chi connectivity index (χ2v) is 6.94. The second-order valence-electron chi connectivity index (χ2n) is 6.54. The maximum Gasteiger partial charge on any atom is 0.223 e. The smallest absolute Gasteiger partial charge is 0.223 e. The van der Waals surface area contributed by atoms with Gasteiger partial charge < -0.3 is 9.64 Å². The third-order valence-corrected chi connectivity index (χ3v) is 5.34. The number of carbonyl (C=O) groups excluding carboxylic acids is 1. The first-order chi connectivity index (χ1) is 12.2. The lowest BCUT2D eigenvalue weighted by Gasteiger charge is -2.32. The Bertz CT molecular complexity index is 698. The van der Waals surface area contributed by atoms with Crippen molar-refractivity contribution in [2.75, 3.05) is 20.3 Å². The maximum atomic E-state index is 13.0. The van der Waals surface area contributed by atoms with Crippen molar-refractivity contribution in [2.45, 2.75) is 31.2 Å². The number of nitrogens with zero attached hydrogens (tertiary/aromatic N) is 1. The highest BCUT2D eigenvalue weighted by molar-refractivity contribution is 6.31. The second kappa shape index (κ2) is 8.50. The summed E-state index contributed by atoms with van der Waals surface area (Å²) in [4.78, 5) is 14.9. The maximum absolute atomic E-state index is 13.0. The average Bonchev–Trinajstić information content (AvgIpc) is 2.67. The molecule has 1 unspecified atom stereocenters. The Hall–Kier alpha value is -1.84. The molecule has 0 spiro atoms. The predicted molar refractivity (Wildman–Crippen MR) is 101 cm³/mol. The van der Waals surface area contributed by atoms with Gasteiger partial charge in [0.25, 0.3) is 0 Å². The van der Waals surface area contributed by atoms with Gasteiger partial charge in [0.2, 0.25) is 5.91 Å². The van der Waals surface area contributed by atoms with E-state index in [0.29, 0.717) is 11.4 Å². The molecule has 3 nitrogen and oxygen atoms in total. The zero-order valence-electron chi connectivity index (χ0n) is 14.5. The fraction of sp³-hybridized carbons (Fsp3) is 0.381. The molecule has 0 bridgehead atoms. The van der Waals surface area contributed by atoms with Crippen molar-refractivity contribution < 1.29 is 9.53 Å². The molecule has 132 valence electrons. The molecule has 0 aromatic heterocycles. The van der Waals surface area contributed by atoms with Gasteiger partial charge in [-0.2, -0.15) is 0 Å². The molecule has 0 radical (unpaired) electrons. The van der Waals surface area contributed by atoms with Crippen molar-refractivity contribution in [3.05, 3.63) is 70.7 Å². The lowest BCUT2D eigenvalue weighted by atomic mass is 9.88. The third-order valence-electron chi connectivity index (χ3n) is 4.99. The number of halogens is 1. The van der Waals surface area contributed by atoms with Gasteiger partial charge >= 0.3 is 0 Å². The molecular weight excluding hydrogens is 334 g/mol. The number of carbonyl (C=O) groups is 1. The minimum absolute atomic E-state index is 0.0373. The Labute approximate surface area is 154 Å². The van der Waals surface area contributed by atoms with Gasteiger partial charge in [0, 0.05) is 43.7 Å². The molecule has 1 aliphatic rings. The molecule has 25 heavy (non-hydrogen) atoms. The first-order valence-electron chi connectivity index (χ1n) is 8.79. The summed E-state index contributed by atoms with van der Waals surface area (Å²) in [7, 11) is 1.91. The van der Waals surface area contributed by atoms with E-state index >= 15 is 0 Å². The molecule has 4 heteroatoms. The summed E-state index contributed by atoms with van der Waals surface area (Å²) < 4.78 is 5.41. The van der Waals surface area contributed by atoms with Crippen LogP contribution in [0.15, 0.2) is 54.6 Å². The van der Waals surface area contributed by atoms with E-state index in [1.54, 1.807) is 0 Å². The summed E-state index contributed by atoms with van der Waals surface area (Å²) in [6, 6.07) is 18.2. The highest BCUT2D eigenvalue weighted by Crippen LogP contribution is 2.33. The Morgan fingerprint density at radius 3 is 2.44 bits per heavy atom. The molecule has 1 aliphatic heterocycles. The van der Waals surface area contributed by atoms with Crippen molar-refractivity contribution in [1.29, 1.82) is 0 Å². The number of ether oxygens (including phenoxy) is 1. The Kier molecular flexibility index (Phi) is 6.11. The number of rotatable bonds is 5. The van der Waals surface area contributed by atoms with Crippen molar-refractivity contribution in [3.63, 3.8) is 0 Å². The summed E-state index contributed by atoms with van der Waals surface area (Å²) in [5.74, 6) is 0.116. The van der Waals surface area contributed by atoms with Crippen molar-refractivity contribution in [3.8, 4) is 0 Å². The van der Waals surface area contributed by atoms with Gasteiger partial charge in [-0.25, -0.2) is 0 Å². The van der Waals surface area contributed by atoms with Gasteiger partial charge in [0.1, 0.15) is 0 Å².